The van der Waals surface area contributed by atoms with E-state index in [4.69, 9.17) is 15.3 Å². The first kappa shape index (κ1) is 25.6. The van der Waals surface area contributed by atoms with E-state index in [0.29, 0.717) is 12.2 Å². The predicted octanol–water partition coefficient (Wildman–Crippen LogP) is 4.95. The summed E-state index contributed by atoms with van der Waals surface area (Å²) in [6, 6.07) is 0. The Hall–Kier alpha value is -1.62. The highest BCUT2D eigenvalue weighted by Crippen LogP contribution is 2.11. The molecule has 0 saturated carbocycles. The van der Waals surface area contributed by atoms with Gasteiger partial charge < -0.3 is 15.3 Å². The molecule has 146 valence electrons. The molecule has 0 rings (SSSR count). The van der Waals surface area contributed by atoms with Crippen molar-refractivity contribution in [3.63, 3.8) is 0 Å². The molecule has 0 aliphatic carbocycles. The number of hydrogen-bond acceptors (Lipinski definition) is 3. The normalized spacial score (nSPS) is 10.8. The zero-order valence-electron chi connectivity index (χ0n) is 15.9. The Morgan fingerprint density at radius 1 is 0.760 bits per heavy atom. The van der Waals surface area contributed by atoms with Crippen LogP contribution in [0.4, 0.5) is 0 Å². The molecule has 0 amide bonds. The lowest BCUT2D eigenvalue weighted by molar-refractivity contribution is -0.133. The van der Waals surface area contributed by atoms with Crippen LogP contribution in [0.5, 0.6) is 0 Å². The highest BCUT2D eigenvalue weighted by Gasteiger charge is 1.98. The Morgan fingerprint density at radius 2 is 1.12 bits per heavy atom. The first-order valence-electron chi connectivity index (χ1n) is 9.22. The van der Waals surface area contributed by atoms with Crippen LogP contribution < -0.4 is 0 Å². The molecule has 0 heterocycles. The minimum atomic E-state index is -0.935. The summed E-state index contributed by atoms with van der Waals surface area (Å²) in [5.74, 6) is -1.74. The average Bonchev–Trinajstić information content (AvgIpc) is 2.56. The van der Waals surface area contributed by atoms with Gasteiger partial charge in [-0.25, -0.2) is 9.59 Å². The molecule has 25 heavy (non-hydrogen) atoms. The van der Waals surface area contributed by atoms with Crippen LogP contribution in [0.25, 0.3) is 0 Å². The summed E-state index contributed by atoms with van der Waals surface area (Å²) in [4.78, 5) is 20.1. The van der Waals surface area contributed by atoms with Crippen LogP contribution in [0.2, 0.25) is 0 Å². The molecule has 0 aliphatic heterocycles. The van der Waals surface area contributed by atoms with Crippen molar-refractivity contribution in [2.75, 3.05) is 6.61 Å². The third-order valence-electron chi connectivity index (χ3n) is 3.77. The summed E-state index contributed by atoms with van der Waals surface area (Å²) in [5, 5.41) is 25.2. The van der Waals surface area contributed by atoms with Crippen LogP contribution in [0.1, 0.15) is 84.5 Å². The maximum absolute atomic E-state index is 10.5. The van der Waals surface area contributed by atoms with E-state index in [1.54, 1.807) is 6.92 Å². The molecule has 0 aliphatic rings. The van der Waals surface area contributed by atoms with Gasteiger partial charge in [-0.1, -0.05) is 64.0 Å². The summed E-state index contributed by atoms with van der Waals surface area (Å²) >= 11 is 0. The topological polar surface area (TPSA) is 94.8 Å². The van der Waals surface area contributed by atoms with Gasteiger partial charge >= 0.3 is 11.9 Å². The fourth-order valence-corrected chi connectivity index (χ4v) is 2.08. The molecule has 0 aromatic rings. The number of aliphatic carboxylic acids is 2. The molecule has 0 aromatic carbocycles. The van der Waals surface area contributed by atoms with Crippen LogP contribution in [-0.2, 0) is 9.59 Å². The van der Waals surface area contributed by atoms with Gasteiger partial charge in [-0.15, -0.1) is 0 Å². The van der Waals surface area contributed by atoms with Crippen LogP contribution in [0, 0.1) is 0 Å². The van der Waals surface area contributed by atoms with E-state index >= 15 is 0 Å². The van der Waals surface area contributed by atoms with E-state index in [0.717, 1.165) is 25.7 Å². The zero-order valence-corrected chi connectivity index (χ0v) is 15.9. The predicted molar refractivity (Wildman–Crippen MR) is 102 cm³/mol. The van der Waals surface area contributed by atoms with Crippen molar-refractivity contribution in [3.05, 3.63) is 23.8 Å². The largest absolute Gasteiger partial charge is 0.478 e. The molecular weight excluding hydrogens is 320 g/mol. The molecule has 5 nitrogen and oxygen atoms in total. The Bertz CT molecular complexity index is 387. The van der Waals surface area contributed by atoms with Crippen LogP contribution >= 0.6 is 0 Å². The van der Waals surface area contributed by atoms with E-state index in [-0.39, 0.29) is 5.57 Å². The second kappa shape index (κ2) is 18.7. The number of carbonyl (C=O) groups is 2. The summed E-state index contributed by atoms with van der Waals surface area (Å²) in [6.07, 6.45) is 14.8. The fourth-order valence-electron chi connectivity index (χ4n) is 2.08. The van der Waals surface area contributed by atoms with Crippen LogP contribution in [-0.4, -0.2) is 33.9 Å². The number of aliphatic hydroxyl groups excluding tert-OH is 1. The number of aliphatic hydroxyl groups is 1. The zero-order chi connectivity index (χ0) is 19.5. The first-order chi connectivity index (χ1) is 11.8. The fraction of sp³-hybridized carbons (Fsp3) is 0.700. The lowest BCUT2D eigenvalue weighted by Gasteiger charge is -2.01. The van der Waals surface area contributed by atoms with E-state index in [9.17, 15) is 9.59 Å². The Balaban J connectivity index is 0. The molecule has 0 atom stereocenters. The number of unbranched alkanes of at least 4 members (excludes halogenated alkanes) is 10. The SMILES string of the molecule is C=C(C)C(=O)O.CC(=CCCCCCCCCCCCCO)C(=O)O. The minimum Gasteiger partial charge on any atom is -0.478 e. The van der Waals surface area contributed by atoms with Crippen LogP contribution in [0.15, 0.2) is 23.8 Å². The second-order valence-corrected chi connectivity index (χ2v) is 6.33. The highest BCUT2D eigenvalue weighted by molar-refractivity contribution is 5.85. The maximum Gasteiger partial charge on any atom is 0.330 e. The van der Waals surface area contributed by atoms with Crippen molar-refractivity contribution in [2.24, 2.45) is 0 Å². The van der Waals surface area contributed by atoms with Gasteiger partial charge in [-0.3, -0.25) is 0 Å². The van der Waals surface area contributed by atoms with Crippen molar-refractivity contribution in [1.29, 1.82) is 0 Å². The summed E-state index contributed by atoms with van der Waals surface area (Å²) < 4.78 is 0. The Kier molecular flexibility index (Phi) is 19.2. The molecular formula is C20H36O5. The summed E-state index contributed by atoms with van der Waals surface area (Å²) in [5.41, 5.74) is 0.637. The molecule has 0 unspecified atom stereocenters. The van der Waals surface area contributed by atoms with Crippen molar-refractivity contribution in [3.8, 4) is 0 Å². The quantitative estimate of drug-likeness (QED) is 0.302. The van der Waals surface area contributed by atoms with Gasteiger partial charge in [-0.2, -0.15) is 0 Å². The van der Waals surface area contributed by atoms with E-state index in [1.165, 1.54) is 51.9 Å². The van der Waals surface area contributed by atoms with Gasteiger partial charge in [0, 0.05) is 17.8 Å². The molecule has 3 N–H and O–H groups in total. The van der Waals surface area contributed by atoms with E-state index < -0.39 is 11.9 Å². The van der Waals surface area contributed by atoms with Crippen LogP contribution in [0.3, 0.4) is 0 Å². The molecule has 0 radical (unpaired) electrons. The van der Waals surface area contributed by atoms with Gasteiger partial charge in [0.1, 0.15) is 0 Å². The number of rotatable bonds is 14. The number of hydrogen-bond donors (Lipinski definition) is 3. The standard InChI is InChI=1S/C16H30O3.C4H6O2/c1-15(16(18)19)13-11-9-7-5-3-2-4-6-8-10-12-14-17;1-3(2)4(5)6/h13,17H,2-12,14H2,1H3,(H,18,19);1H2,2H3,(H,5,6). The van der Waals surface area contributed by atoms with Crippen molar-refractivity contribution in [2.45, 2.75) is 84.5 Å². The second-order valence-electron chi connectivity index (χ2n) is 6.33. The van der Waals surface area contributed by atoms with Gasteiger partial charge in [-0.05, 0) is 33.1 Å². The molecule has 0 spiro atoms. The van der Waals surface area contributed by atoms with Crippen molar-refractivity contribution >= 4 is 11.9 Å². The molecule has 0 fully saturated rings. The Labute approximate surface area is 152 Å². The number of carboxylic acid groups (broad SMARTS) is 2. The van der Waals surface area contributed by atoms with Crippen molar-refractivity contribution in [1.82, 2.24) is 0 Å². The minimum absolute atomic E-state index is 0.176. The third kappa shape index (κ3) is 22.4. The van der Waals surface area contributed by atoms with Gasteiger partial charge in [0.15, 0.2) is 0 Å². The van der Waals surface area contributed by atoms with Gasteiger partial charge in [0.25, 0.3) is 0 Å². The highest BCUT2D eigenvalue weighted by atomic mass is 16.4. The lowest BCUT2D eigenvalue weighted by atomic mass is 10.1. The van der Waals surface area contributed by atoms with E-state index in [1.807, 2.05) is 6.08 Å². The average molecular weight is 357 g/mol. The van der Waals surface area contributed by atoms with E-state index in [2.05, 4.69) is 6.58 Å². The molecule has 0 aromatic heterocycles. The Morgan fingerprint density at radius 3 is 1.44 bits per heavy atom. The van der Waals surface area contributed by atoms with Gasteiger partial charge in [0.2, 0.25) is 0 Å². The van der Waals surface area contributed by atoms with Crippen molar-refractivity contribution < 1.29 is 24.9 Å². The molecule has 0 bridgehead atoms. The van der Waals surface area contributed by atoms with Gasteiger partial charge in [0.05, 0.1) is 0 Å². The number of carboxylic acids is 2. The smallest absolute Gasteiger partial charge is 0.330 e. The summed E-state index contributed by atoms with van der Waals surface area (Å²) in [7, 11) is 0. The summed E-state index contributed by atoms with van der Waals surface area (Å²) in [6.45, 7) is 6.58. The third-order valence-corrected chi connectivity index (χ3v) is 3.77. The monoisotopic (exact) mass is 356 g/mol. The number of allylic oxidation sites excluding steroid dienone is 1. The maximum atomic E-state index is 10.5. The lowest BCUT2D eigenvalue weighted by Crippen LogP contribution is -1.95. The molecule has 5 heteroatoms. The molecule has 0 saturated heterocycles. The first-order valence-corrected chi connectivity index (χ1v) is 9.22.